The molecule has 0 unspecified atom stereocenters. The number of amides is 2. The molecule has 3 N–H and O–H groups in total. The normalized spacial score (nSPS) is 12.7. The first kappa shape index (κ1) is 21.0. The van der Waals surface area contributed by atoms with E-state index in [-0.39, 0.29) is 18.4 Å². The lowest BCUT2D eigenvalue weighted by Gasteiger charge is -2.21. The molecule has 0 aromatic heterocycles. The minimum Gasteiger partial charge on any atom is -0.480 e. The minimum atomic E-state index is -1.34. The summed E-state index contributed by atoms with van der Waals surface area (Å²) in [5.74, 6) is -3.68. The highest BCUT2D eigenvalue weighted by Crippen LogP contribution is 2.11. The third-order valence-corrected chi connectivity index (χ3v) is 4.02. The van der Waals surface area contributed by atoms with Crippen LogP contribution in [0, 0.1) is 11.6 Å². The number of rotatable bonds is 8. The molecule has 148 valence electrons. The Morgan fingerprint density at radius 3 is 2.29 bits per heavy atom. The number of carboxylic acid groups (broad SMARTS) is 1. The van der Waals surface area contributed by atoms with Crippen LogP contribution in [0.15, 0.2) is 48.5 Å². The zero-order valence-electron chi connectivity index (χ0n) is 15.1. The van der Waals surface area contributed by atoms with Crippen LogP contribution >= 0.6 is 0 Å². The first-order valence-corrected chi connectivity index (χ1v) is 8.54. The maximum absolute atomic E-state index is 13.9. The number of hydrogen-bond acceptors (Lipinski definition) is 3. The first-order chi connectivity index (χ1) is 13.3. The second-order valence-corrected chi connectivity index (χ2v) is 6.28. The summed E-state index contributed by atoms with van der Waals surface area (Å²) in [6, 6.07) is 8.64. The molecule has 2 amide bonds. The summed E-state index contributed by atoms with van der Waals surface area (Å²) < 4.78 is 27.2. The van der Waals surface area contributed by atoms with Crippen LogP contribution in [0.2, 0.25) is 0 Å². The zero-order valence-corrected chi connectivity index (χ0v) is 15.1. The van der Waals surface area contributed by atoms with E-state index in [2.05, 4.69) is 10.6 Å². The van der Waals surface area contributed by atoms with E-state index in [9.17, 15) is 28.3 Å². The van der Waals surface area contributed by atoms with Gasteiger partial charge in [-0.2, -0.15) is 0 Å². The molecule has 0 aliphatic rings. The Hall–Kier alpha value is -3.29. The number of aliphatic carboxylic acids is 1. The largest absolute Gasteiger partial charge is 0.480 e. The van der Waals surface area contributed by atoms with Crippen molar-refractivity contribution in [3.8, 4) is 0 Å². The van der Waals surface area contributed by atoms with Crippen molar-refractivity contribution in [2.24, 2.45) is 0 Å². The van der Waals surface area contributed by atoms with Gasteiger partial charge >= 0.3 is 5.97 Å². The number of benzene rings is 2. The number of carbonyl (C=O) groups excluding carboxylic acids is 2. The van der Waals surface area contributed by atoms with Gasteiger partial charge in [0.05, 0.1) is 0 Å². The van der Waals surface area contributed by atoms with Crippen molar-refractivity contribution in [3.05, 3.63) is 71.3 Å². The number of hydrogen-bond donors (Lipinski definition) is 3. The minimum absolute atomic E-state index is 0.147. The number of carbonyl (C=O) groups is 3. The molecule has 0 radical (unpaired) electrons. The van der Waals surface area contributed by atoms with Gasteiger partial charge in [0.25, 0.3) is 0 Å². The highest BCUT2D eigenvalue weighted by Gasteiger charge is 2.27. The number of halogens is 2. The molecule has 0 fully saturated rings. The van der Waals surface area contributed by atoms with Gasteiger partial charge in [-0.3, -0.25) is 9.59 Å². The number of carboxylic acids is 1. The van der Waals surface area contributed by atoms with Crippen molar-refractivity contribution in [3.63, 3.8) is 0 Å². The second kappa shape index (κ2) is 9.59. The van der Waals surface area contributed by atoms with Crippen molar-refractivity contribution in [2.75, 3.05) is 0 Å². The lowest BCUT2D eigenvalue weighted by molar-refractivity contribution is -0.142. The smallest absolute Gasteiger partial charge is 0.326 e. The Bertz CT molecular complexity index is 873. The Kier molecular flexibility index (Phi) is 7.20. The van der Waals surface area contributed by atoms with Gasteiger partial charge in [-0.25, -0.2) is 13.6 Å². The Morgan fingerprint density at radius 2 is 1.68 bits per heavy atom. The Morgan fingerprint density at radius 1 is 0.964 bits per heavy atom. The summed E-state index contributed by atoms with van der Waals surface area (Å²) in [7, 11) is 0. The topological polar surface area (TPSA) is 95.5 Å². The van der Waals surface area contributed by atoms with Gasteiger partial charge in [0.15, 0.2) is 0 Å². The van der Waals surface area contributed by atoms with Gasteiger partial charge in [-0.05, 0) is 29.3 Å². The van der Waals surface area contributed by atoms with Gasteiger partial charge in [-0.15, -0.1) is 0 Å². The highest BCUT2D eigenvalue weighted by molar-refractivity contribution is 5.90. The first-order valence-electron chi connectivity index (χ1n) is 8.54. The summed E-state index contributed by atoms with van der Waals surface area (Å²) in [4.78, 5) is 35.5. The van der Waals surface area contributed by atoms with E-state index in [1.165, 1.54) is 49.4 Å². The van der Waals surface area contributed by atoms with Crippen LogP contribution in [0.25, 0.3) is 0 Å². The second-order valence-electron chi connectivity index (χ2n) is 6.28. The quantitative estimate of drug-likeness (QED) is 0.641. The molecule has 0 aliphatic heterocycles. The van der Waals surface area contributed by atoms with Gasteiger partial charge in [0.2, 0.25) is 11.8 Å². The SMILES string of the molecule is CC(=O)N[C@@H](Cc1ccccc1F)C(=O)N[C@H](Cc1cccc(F)c1)C(=O)O. The molecule has 0 saturated carbocycles. The highest BCUT2D eigenvalue weighted by atomic mass is 19.1. The molecule has 2 aromatic rings. The van der Waals surface area contributed by atoms with Gasteiger partial charge in [0, 0.05) is 19.8 Å². The summed E-state index contributed by atoms with van der Waals surface area (Å²) in [6.45, 7) is 1.20. The molecule has 28 heavy (non-hydrogen) atoms. The standard InChI is InChI=1S/C20H20F2N2O4/c1-12(25)23-17(11-14-6-2-3-8-16(14)22)19(26)24-18(20(27)28)10-13-5-4-7-15(21)9-13/h2-9,17-18H,10-11H2,1H3,(H,23,25)(H,24,26)(H,27,28)/t17-,18+/m0/s1. The lowest BCUT2D eigenvalue weighted by atomic mass is 10.0. The van der Waals surface area contributed by atoms with Gasteiger partial charge in [-0.1, -0.05) is 30.3 Å². The molecule has 8 heteroatoms. The van der Waals surface area contributed by atoms with Crippen LogP contribution in [0.3, 0.4) is 0 Å². The molecule has 0 saturated heterocycles. The average Bonchev–Trinajstić information content (AvgIpc) is 2.62. The molecule has 0 spiro atoms. The Labute approximate surface area is 160 Å². The fourth-order valence-electron chi connectivity index (χ4n) is 2.71. The van der Waals surface area contributed by atoms with E-state index in [4.69, 9.17) is 0 Å². The van der Waals surface area contributed by atoms with Gasteiger partial charge in [0.1, 0.15) is 23.7 Å². The van der Waals surface area contributed by atoms with Crippen LogP contribution in [0.4, 0.5) is 8.78 Å². The zero-order chi connectivity index (χ0) is 20.7. The van der Waals surface area contributed by atoms with E-state index in [1.807, 2.05) is 0 Å². The van der Waals surface area contributed by atoms with Crippen molar-refractivity contribution in [1.82, 2.24) is 10.6 Å². The monoisotopic (exact) mass is 390 g/mol. The van der Waals surface area contributed by atoms with Crippen molar-refractivity contribution in [1.29, 1.82) is 0 Å². The molecule has 0 heterocycles. The summed E-state index contributed by atoms with van der Waals surface area (Å²) >= 11 is 0. The van der Waals surface area contributed by atoms with Crippen molar-refractivity contribution in [2.45, 2.75) is 31.8 Å². The molecule has 0 bridgehead atoms. The van der Waals surface area contributed by atoms with E-state index in [0.29, 0.717) is 5.56 Å². The van der Waals surface area contributed by atoms with E-state index < -0.39 is 41.5 Å². The number of nitrogens with one attached hydrogen (secondary N) is 2. The molecule has 2 atom stereocenters. The maximum Gasteiger partial charge on any atom is 0.326 e. The lowest BCUT2D eigenvalue weighted by Crippen LogP contribution is -2.52. The van der Waals surface area contributed by atoms with Crippen LogP contribution < -0.4 is 10.6 Å². The average molecular weight is 390 g/mol. The van der Waals surface area contributed by atoms with E-state index >= 15 is 0 Å². The molecule has 0 aliphatic carbocycles. The van der Waals surface area contributed by atoms with E-state index in [1.54, 1.807) is 6.07 Å². The van der Waals surface area contributed by atoms with Crippen LogP contribution in [0.1, 0.15) is 18.1 Å². The predicted octanol–water partition coefficient (Wildman–Crippen LogP) is 1.82. The van der Waals surface area contributed by atoms with Crippen LogP contribution in [0.5, 0.6) is 0 Å². The Balaban J connectivity index is 2.15. The van der Waals surface area contributed by atoms with Gasteiger partial charge < -0.3 is 15.7 Å². The third kappa shape index (κ3) is 6.15. The molecular formula is C20H20F2N2O4. The fraction of sp³-hybridized carbons (Fsp3) is 0.250. The summed E-state index contributed by atoms with van der Waals surface area (Å²) in [5.41, 5.74) is 0.589. The van der Waals surface area contributed by atoms with Crippen molar-refractivity contribution < 1.29 is 28.3 Å². The molecule has 6 nitrogen and oxygen atoms in total. The maximum atomic E-state index is 13.9. The van der Waals surface area contributed by atoms with Crippen molar-refractivity contribution >= 4 is 17.8 Å². The van der Waals surface area contributed by atoms with E-state index in [0.717, 1.165) is 0 Å². The molecule has 2 aromatic carbocycles. The molecule has 2 rings (SSSR count). The predicted molar refractivity (Wildman–Crippen MR) is 97.4 cm³/mol. The molecular weight excluding hydrogens is 370 g/mol. The van der Waals surface area contributed by atoms with Crippen LogP contribution in [-0.4, -0.2) is 35.0 Å². The third-order valence-electron chi connectivity index (χ3n) is 4.02. The van der Waals surface area contributed by atoms with Crippen LogP contribution in [-0.2, 0) is 27.2 Å². The summed E-state index contributed by atoms with van der Waals surface area (Å²) in [6.07, 6.45) is -0.296. The summed E-state index contributed by atoms with van der Waals surface area (Å²) in [5, 5.41) is 14.1. The fourth-order valence-corrected chi connectivity index (χ4v) is 2.71.